The van der Waals surface area contributed by atoms with E-state index in [4.69, 9.17) is 10.5 Å². The number of ether oxygens (including phenoxy) is 1. The van der Waals surface area contributed by atoms with Crippen molar-refractivity contribution >= 4 is 11.6 Å². The fourth-order valence-corrected chi connectivity index (χ4v) is 1.99. The number of methoxy groups -OCH3 is 1. The van der Waals surface area contributed by atoms with Crippen LogP contribution in [-0.2, 0) is 6.54 Å². The molecule has 0 fully saturated rings. The van der Waals surface area contributed by atoms with Gasteiger partial charge in [-0.3, -0.25) is 4.79 Å². The summed E-state index contributed by atoms with van der Waals surface area (Å²) in [6.07, 6.45) is 0. The molecule has 0 unspecified atom stereocenters. The summed E-state index contributed by atoms with van der Waals surface area (Å²) in [5.41, 5.74) is 8.95. The molecular formula is C16H18N2O2. The SMILES string of the molecule is COc1ccc(NCc2cccc(C(N)=O)c2)c(C)c1. The molecule has 2 rings (SSSR count). The smallest absolute Gasteiger partial charge is 0.248 e. The van der Waals surface area contributed by atoms with Gasteiger partial charge in [-0.2, -0.15) is 0 Å². The minimum atomic E-state index is -0.410. The summed E-state index contributed by atoms with van der Waals surface area (Å²) < 4.78 is 5.18. The molecular weight excluding hydrogens is 252 g/mol. The van der Waals surface area contributed by atoms with Crippen molar-refractivity contribution in [1.29, 1.82) is 0 Å². The Kier molecular flexibility index (Phi) is 4.25. The summed E-state index contributed by atoms with van der Waals surface area (Å²) in [5.74, 6) is 0.427. The maximum atomic E-state index is 11.1. The Hall–Kier alpha value is -2.49. The summed E-state index contributed by atoms with van der Waals surface area (Å²) >= 11 is 0. The number of nitrogens with two attached hydrogens (primary N) is 1. The number of rotatable bonds is 5. The first-order valence-corrected chi connectivity index (χ1v) is 6.37. The van der Waals surface area contributed by atoms with Crippen molar-refractivity contribution in [2.75, 3.05) is 12.4 Å². The predicted octanol–water partition coefficient (Wildman–Crippen LogP) is 2.71. The van der Waals surface area contributed by atoms with Gasteiger partial charge in [0.25, 0.3) is 0 Å². The van der Waals surface area contributed by atoms with Gasteiger partial charge >= 0.3 is 0 Å². The quantitative estimate of drug-likeness (QED) is 0.878. The molecule has 0 aliphatic carbocycles. The highest BCUT2D eigenvalue weighted by Gasteiger charge is 2.03. The van der Waals surface area contributed by atoms with Crippen molar-refractivity contribution < 1.29 is 9.53 Å². The molecule has 0 saturated carbocycles. The van der Waals surface area contributed by atoms with Crippen LogP contribution in [0.5, 0.6) is 5.75 Å². The van der Waals surface area contributed by atoms with Gasteiger partial charge in [0.05, 0.1) is 7.11 Å². The van der Waals surface area contributed by atoms with E-state index in [0.29, 0.717) is 12.1 Å². The molecule has 2 aromatic rings. The molecule has 3 N–H and O–H groups in total. The topological polar surface area (TPSA) is 64.3 Å². The minimum absolute atomic E-state index is 0.410. The van der Waals surface area contributed by atoms with Gasteiger partial charge in [-0.25, -0.2) is 0 Å². The molecule has 2 aromatic carbocycles. The third kappa shape index (κ3) is 3.29. The van der Waals surface area contributed by atoms with Crippen LogP contribution >= 0.6 is 0 Å². The van der Waals surface area contributed by atoms with E-state index in [0.717, 1.165) is 22.6 Å². The average molecular weight is 270 g/mol. The Morgan fingerprint density at radius 3 is 2.70 bits per heavy atom. The summed E-state index contributed by atoms with van der Waals surface area (Å²) in [7, 11) is 1.65. The Morgan fingerprint density at radius 2 is 2.05 bits per heavy atom. The maximum absolute atomic E-state index is 11.1. The summed E-state index contributed by atoms with van der Waals surface area (Å²) in [6.45, 7) is 2.65. The third-order valence-electron chi connectivity index (χ3n) is 3.13. The van der Waals surface area contributed by atoms with Gasteiger partial charge in [0, 0.05) is 17.8 Å². The number of amides is 1. The Morgan fingerprint density at radius 1 is 1.25 bits per heavy atom. The van der Waals surface area contributed by atoms with E-state index in [2.05, 4.69) is 5.32 Å². The normalized spacial score (nSPS) is 10.1. The number of carbonyl (C=O) groups is 1. The fraction of sp³-hybridized carbons (Fsp3) is 0.188. The Balaban J connectivity index is 2.09. The summed E-state index contributed by atoms with van der Waals surface area (Å²) in [5, 5.41) is 3.34. The molecule has 0 aliphatic heterocycles. The lowest BCUT2D eigenvalue weighted by Crippen LogP contribution is -2.11. The molecule has 20 heavy (non-hydrogen) atoms. The van der Waals surface area contributed by atoms with E-state index in [9.17, 15) is 4.79 Å². The van der Waals surface area contributed by atoms with Crippen LogP contribution in [0, 0.1) is 6.92 Å². The van der Waals surface area contributed by atoms with E-state index in [1.54, 1.807) is 19.2 Å². The molecule has 0 radical (unpaired) electrons. The first-order chi connectivity index (χ1) is 9.60. The number of carbonyl (C=O) groups excluding carboxylic acids is 1. The molecule has 104 valence electrons. The van der Waals surface area contributed by atoms with Crippen LogP contribution in [0.25, 0.3) is 0 Å². The molecule has 0 aliphatic rings. The van der Waals surface area contributed by atoms with E-state index in [1.807, 2.05) is 37.3 Å². The van der Waals surface area contributed by atoms with Crippen LogP contribution in [0.1, 0.15) is 21.5 Å². The van der Waals surface area contributed by atoms with Crippen LogP contribution < -0.4 is 15.8 Å². The number of aryl methyl sites for hydroxylation is 1. The molecule has 4 heteroatoms. The van der Waals surface area contributed by atoms with Crippen molar-refractivity contribution in [3.8, 4) is 5.75 Å². The highest BCUT2D eigenvalue weighted by atomic mass is 16.5. The molecule has 4 nitrogen and oxygen atoms in total. The van der Waals surface area contributed by atoms with E-state index >= 15 is 0 Å². The number of hydrogen-bond donors (Lipinski definition) is 2. The van der Waals surface area contributed by atoms with Gasteiger partial charge in [0.1, 0.15) is 5.75 Å². The van der Waals surface area contributed by atoms with Crippen molar-refractivity contribution in [3.05, 3.63) is 59.2 Å². The number of primary amides is 1. The summed E-state index contributed by atoms with van der Waals surface area (Å²) in [6, 6.07) is 13.2. The standard InChI is InChI=1S/C16H18N2O2/c1-11-8-14(20-2)6-7-15(11)18-10-12-4-3-5-13(9-12)16(17)19/h3-9,18H,10H2,1-2H3,(H2,17,19). The Labute approximate surface area is 118 Å². The first kappa shape index (κ1) is 13.9. The molecule has 0 aromatic heterocycles. The Bertz CT molecular complexity index is 624. The van der Waals surface area contributed by atoms with Crippen LogP contribution in [0.2, 0.25) is 0 Å². The number of hydrogen-bond acceptors (Lipinski definition) is 3. The molecule has 1 amide bonds. The van der Waals surface area contributed by atoms with Crippen LogP contribution in [0.15, 0.2) is 42.5 Å². The van der Waals surface area contributed by atoms with Crippen molar-refractivity contribution in [1.82, 2.24) is 0 Å². The molecule has 0 bridgehead atoms. The van der Waals surface area contributed by atoms with Crippen molar-refractivity contribution in [2.24, 2.45) is 5.73 Å². The zero-order chi connectivity index (χ0) is 14.5. The second-order valence-electron chi connectivity index (χ2n) is 4.60. The second kappa shape index (κ2) is 6.10. The van der Waals surface area contributed by atoms with Crippen LogP contribution in [0.3, 0.4) is 0 Å². The summed E-state index contributed by atoms with van der Waals surface area (Å²) in [4.78, 5) is 11.1. The third-order valence-corrected chi connectivity index (χ3v) is 3.13. The molecule has 0 saturated heterocycles. The van der Waals surface area contributed by atoms with Gasteiger partial charge < -0.3 is 15.8 Å². The van der Waals surface area contributed by atoms with Crippen LogP contribution in [0.4, 0.5) is 5.69 Å². The average Bonchev–Trinajstić information content (AvgIpc) is 2.46. The fourth-order valence-electron chi connectivity index (χ4n) is 1.99. The van der Waals surface area contributed by atoms with Gasteiger partial charge in [-0.15, -0.1) is 0 Å². The lowest BCUT2D eigenvalue weighted by molar-refractivity contribution is 0.1000. The number of benzene rings is 2. The van der Waals surface area contributed by atoms with Gasteiger partial charge in [-0.05, 0) is 48.4 Å². The molecule has 0 spiro atoms. The van der Waals surface area contributed by atoms with Crippen LogP contribution in [-0.4, -0.2) is 13.0 Å². The molecule has 0 atom stereocenters. The largest absolute Gasteiger partial charge is 0.497 e. The van der Waals surface area contributed by atoms with Gasteiger partial charge in [0.2, 0.25) is 5.91 Å². The first-order valence-electron chi connectivity index (χ1n) is 6.37. The second-order valence-corrected chi connectivity index (χ2v) is 4.60. The van der Waals surface area contributed by atoms with Gasteiger partial charge in [0.15, 0.2) is 0 Å². The zero-order valence-electron chi connectivity index (χ0n) is 11.6. The number of nitrogens with one attached hydrogen (secondary N) is 1. The lowest BCUT2D eigenvalue weighted by atomic mass is 10.1. The number of anilines is 1. The zero-order valence-corrected chi connectivity index (χ0v) is 11.6. The van der Waals surface area contributed by atoms with E-state index in [-0.39, 0.29) is 0 Å². The highest BCUT2D eigenvalue weighted by Crippen LogP contribution is 2.21. The molecule has 0 heterocycles. The maximum Gasteiger partial charge on any atom is 0.248 e. The van der Waals surface area contributed by atoms with Crippen molar-refractivity contribution in [3.63, 3.8) is 0 Å². The lowest BCUT2D eigenvalue weighted by Gasteiger charge is -2.11. The predicted molar refractivity (Wildman–Crippen MR) is 80.0 cm³/mol. The van der Waals surface area contributed by atoms with E-state index < -0.39 is 5.91 Å². The minimum Gasteiger partial charge on any atom is -0.497 e. The van der Waals surface area contributed by atoms with Crippen molar-refractivity contribution in [2.45, 2.75) is 13.5 Å². The monoisotopic (exact) mass is 270 g/mol. The highest BCUT2D eigenvalue weighted by molar-refractivity contribution is 5.92. The van der Waals surface area contributed by atoms with E-state index in [1.165, 1.54) is 0 Å². The van der Waals surface area contributed by atoms with Gasteiger partial charge in [-0.1, -0.05) is 12.1 Å².